The highest BCUT2D eigenvalue weighted by Gasteiger charge is 2.18. The van der Waals surface area contributed by atoms with Gasteiger partial charge >= 0.3 is 0 Å². The summed E-state index contributed by atoms with van der Waals surface area (Å²) >= 11 is 4.35. The van der Waals surface area contributed by atoms with E-state index in [2.05, 4.69) is 39.3 Å². The molecule has 1 amide bonds. The van der Waals surface area contributed by atoms with E-state index in [1.54, 1.807) is 0 Å². The lowest BCUT2D eigenvalue weighted by molar-refractivity contribution is -0.115. The molecule has 0 spiro atoms. The van der Waals surface area contributed by atoms with E-state index in [0.717, 1.165) is 26.7 Å². The Balaban J connectivity index is 1.61. The van der Waals surface area contributed by atoms with E-state index in [-0.39, 0.29) is 16.7 Å². The van der Waals surface area contributed by atoms with Crippen LogP contribution >= 0.6 is 34.4 Å². The van der Waals surface area contributed by atoms with Gasteiger partial charge in [-0.25, -0.2) is 4.98 Å². The number of thiophene rings is 1. The molecule has 3 heterocycles. The normalized spacial score (nSPS) is 12.6. The highest BCUT2D eigenvalue weighted by atomic mass is 32.2. The van der Waals surface area contributed by atoms with Crippen LogP contribution in [0.5, 0.6) is 0 Å². The molecule has 0 aliphatic carbocycles. The predicted octanol–water partition coefficient (Wildman–Crippen LogP) is 3.91. The van der Waals surface area contributed by atoms with Crippen LogP contribution in [-0.2, 0) is 17.0 Å². The lowest BCUT2D eigenvalue weighted by Gasteiger charge is -2.09. The van der Waals surface area contributed by atoms with E-state index in [9.17, 15) is 9.59 Å². The molecule has 0 bridgehead atoms. The van der Waals surface area contributed by atoms with E-state index in [4.69, 9.17) is 0 Å². The summed E-state index contributed by atoms with van der Waals surface area (Å²) in [6.07, 6.45) is 0.848. The number of fused-ring (bicyclic) bond motifs is 1. The summed E-state index contributed by atoms with van der Waals surface area (Å²) in [7, 11) is 0. The molecular formula is C18H23N5O2S3. The lowest BCUT2D eigenvalue weighted by atomic mass is 10.1. The van der Waals surface area contributed by atoms with Crippen molar-refractivity contribution in [2.45, 2.75) is 52.0 Å². The number of H-pyrrole nitrogens is 1. The maximum absolute atomic E-state index is 12.4. The van der Waals surface area contributed by atoms with E-state index in [1.807, 2.05) is 20.8 Å². The van der Waals surface area contributed by atoms with E-state index < -0.39 is 0 Å². The van der Waals surface area contributed by atoms with Gasteiger partial charge in [0.1, 0.15) is 15.7 Å². The first kappa shape index (κ1) is 20.9. The van der Waals surface area contributed by atoms with Gasteiger partial charge < -0.3 is 4.98 Å². The van der Waals surface area contributed by atoms with Crippen molar-refractivity contribution in [3.63, 3.8) is 0 Å². The molecule has 2 N–H and O–H groups in total. The second-order valence-corrected chi connectivity index (χ2v) is 10.6. The third-order valence-electron chi connectivity index (χ3n) is 4.21. The lowest BCUT2D eigenvalue weighted by Crippen LogP contribution is -2.23. The minimum atomic E-state index is -0.315. The van der Waals surface area contributed by atoms with Gasteiger partial charge in [0.05, 0.1) is 16.4 Å². The van der Waals surface area contributed by atoms with Crippen LogP contribution in [0.1, 0.15) is 42.0 Å². The summed E-state index contributed by atoms with van der Waals surface area (Å²) in [5.74, 6) is 1.39. The summed E-state index contributed by atoms with van der Waals surface area (Å²) < 4.78 is 0. The molecule has 28 heavy (non-hydrogen) atoms. The summed E-state index contributed by atoms with van der Waals surface area (Å²) in [6.45, 7) is 9.99. The van der Waals surface area contributed by atoms with Crippen LogP contribution in [0.25, 0.3) is 10.2 Å². The minimum Gasteiger partial charge on any atom is -0.309 e. The van der Waals surface area contributed by atoms with Crippen LogP contribution in [0.15, 0.2) is 4.79 Å². The van der Waals surface area contributed by atoms with E-state index in [0.29, 0.717) is 28.0 Å². The smallest absolute Gasteiger partial charge is 0.259 e. The summed E-state index contributed by atoms with van der Waals surface area (Å²) in [6, 6.07) is 0. The first-order valence-electron chi connectivity index (χ1n) is 8.98. The topological polar surface area (TPSA) is 101 Å². The van der Waals surface area contributed by atoms with Crippen molar-refractivity contribution in [1.82, 2.24) is 20.2 Å². The number of carbonyl (C=O) groups is 1. The van der Waals surface area contributed by atoms with Crippen molar-refractivity contribution in [3.8, 4) is 0 Å². The molecule has 0 aliphatic rings. The fraction of sp³-hybridized carbons (Fsp3) is 0.500. The number of aromatic nitrogens is 4. The summed E-state index contributed by atoms with van der Waals surface area (Å²) in [4.78, 5) is 34.0. The number of amides is 1. The number of nitrogens with one attached hydrogen (secondary N) is 2. The molecule has 0 fully saturated rings. The Hall–Kier alpha value is -1.78. The third-order valence-corrected chi connectivity index (χ3v) is 7.32. The third kappa shape index (κ3) is 4.79. The summed E-state index contributed by atoms with van der Waals surface area (Å²) in [5.41, 5.74) is 0.862. The number of aromatic amines is 1. The molecule has 0 radical (unpaired) electrons. The molecule has 3 aromatic rings. The molecule has 1 atom stereocenters. The van der Waals surface area contributed by atoms with Crippen molar-refractivity contribution in [2.75, 3.05) is 5.32 Å². The average Bonchev–Trinajstić information content (AvgIpc) is 3.16. The number of thioether (sulfide) groups is 1. The molecule has 0 saturated carbocycles. The number of anilines is 1. The molecule has 3 aromatic heterocycles. The fourth-order valence-corrected chi connectivity index (χ4v) is 5.35. The van der Waals surface area contributed by atoms with Gasteiger partial charge in [-0.05, 0) is 32.3 Å². The van der Waals surface area contributed by atoms with Crippen LogP contribution in [-0.4, -0.2) is 31.3 Å². The molecule has 0 saturated heterocycles. The number of hydrogen-bond acceptors (Lipinski definition) is 8. The minimum absolute atomic E-state index is 0.119. The highest BCUT2D eigenvalue weighted by Crippen LogP contribution is 2.27. The van der Waals surface area contributed by atoms with Crippen LogP contribution in [0.3, 0.4) is 0 Å². The van der Waals surface area contributed by atoms with Crippen LogP contribution in [0.2, 0.25) is 0 Å². The molecule has 3 rings (SSSR count). The van der Waals surface area contributed by atoms with Gasteiger partial charge in [-0.15, -0.1) is 33.3 Å². The van der Waals surface area contributed by atoms with Crippen molar-refractivity contribution >= 4 is 55.7 Å². The van der Waals surface area contributed by atoms with Gasteiger partial charge in [-0.3, -0.25) is 14.9 Å². The monoisotopic (exact) mass is 437 g/mol. The molecule has 0 aliphatic heterocycles. The maximum Gasteiger partial charge on any atom is 0.259 e. The fourth-order valence-electron chi connectivity index (χ4n) is 2.59. The Morgan fingerprint density at radius 2 is 1.96 bits per heavy atom. The Morgan fingerprint density at radius 3 is 2.68 bits per heavy atom. The molecule has 7 nitrogen and oxygen atoms in total. The number of aryl methyl sites for hydroxylation is 2. The second kappa shape index (κ2) is 8.71. The SMILES string of the molecule is Cc1sc2nc(CSC(C)C(=O)Nc3nnc(CC(C)C)s3)[nH]c(=O)c2c1C. The van der Waals surface area contributed by atoms with Crippen molar-refractivity contribution in [2.24, 2.45) is 5.92 Å². The van der Waals surface area contributed by atoms with Gasteiger partial charge in [0.25, 0.3) is 5.56 Å². The number of hydrogen-bond donors (Lipinski definition) is 2. The zero-order chi connectivity index (χ0) is 20.4. The molecular weight excluding hydrogens is 414 g/mol. The molecule has 150 valence electrons. The first-order valence-corrected chi connectivity index (χ1v) is 11.7. The largest absolute Gasteiger partial charge is 0.309 e. The Morgan fingerprint density at radius 1 is 1.21 bits per heavy atom. The zero-order valence-corrected chi connectivity index (χ0v) is 18.9. The van der Waals surface area contributed by atoms with Crippen LogP contribution < -0.4 is 10.9 Å². The van der Waals surface area contributed by atoms with E-state index >= 15 is 0 Å². The van der Waals surface area contributed by atoms with Crippen LogP contribution in [0.4, 0.5) is 5.13 Å². The predicted molar refractivity (Wildman–Crippen MR) is 118 cm³/mol. The number of carbonyl (C=O) groups excluding carboxylic acids is 1. The van der Waals surface area contributed by atoms with Crippen LogP contribution in [0, 0.1) is 19.8 Å². The summed E-state index contributed by atoms with van der Waals surface area (Å²) in [5, 5.41) is 12.7. The second-order valence-electron chi connectivity index (χ2n) is 7.02. The van der Waals surface area contributed by atoms with Crippen molar-refractivity contribution in [1.29, 1.82) is 0 Å². The average molecular weight is 438 g/mol. The van der Waals surface area contributed by atoms with Gasteiger partial charge in [-0.1, -0.05) is 25.2 Å². The maximum atomic E-state index is 12.4. The highest BCUT2D eigenvalue weighted by molar-refractivity contribution is 7.99. The van der Waals surface area contributed by atoms with E-state index in [1.165, 1.54) is 34.4 Å². The quantitative estimate of drug-likeness (QED) is 0.581. The Labute approximate surface area is 175 Å². The van der Waals surface area contributed by atoms with Crippen molar-refractivity contribution < 1.29 is 4.79 Å². The van der Waals surface area contributed by atoms with Gasteiger partial charge in [0.2, 0.25) is 11.0 Å². The Bertz CT molecular complexity index is 1050. The van der Waals surface area contributed by atoms with Crippen molar-refractivity contribution in [3.05, 3.63) is 31.6 Å². The molecule has 10 heteroatoms. The number of rotatable bonds is 7. The van der Waals surface area contributed by atoms with Gasteiger partial charge in [0.15, 0.2) is 0 Å². The van der Waals surface area contributed by atoms with Gasteiger partial charge in [0, 0.05) is 11.3 Å². The Kier molecular flexibility index (Phi) is 6.51. The van der Waals surface area contributed by atoms with Gasteiger partial charge in [-0.2, -0.15) is 0 Å². The first-order chi connectivity index (χ1) is 13.2. The molecule has 0 aromatic carbocycles. The zero-order valence-electron chi connectivity index (χ0n) is 16.5. The number of nitrogens with zero attached hydrogens (tertiary/aromatic N) is 3. The molecule has 1 unspecified atom stereocenters. The standard InChI is InChI=1S/C18H23N5O2S3/c1-8(2)6-13-22-23-18(28-13)21-15(24)11(5)26-7-12-19-16(25)14-9(3)10(4)27-17(14)20-12/h8,11H,6-7H2,1-5H3,(H,19,20,25)(H,21,23,24).